The minimum atomic E-state index is -0.710. The first-order valence-electron chi connectivity index (χ1n) is 6.52. The summed E-state index contributed by atoms with van der Waals surface area (Å²) in [4.78, 5) is 12.8. The van der Waals surface area contributed by atoms with E-state index in [0.717, 1.165) is 6.42 Å². The predicted molar refractivity (Wildman–Crippen MR) is 70.3 cm³/mol. The van der Waals surface area contributed by atoms with Gasteiger partial charge < -0.3 is 15.2 Å². The van der Waals surface area contributed by atoms with E-state index in [1.807, 2.05) is 13.8 Å². The highest BCUT2D eigenvalue weighted by molar-refractivity contribution is 6.02. The maximum Gasteiger partial charge on any atom is 0.194 e. The van der Waals surface area contributed by atoms with Crippen LogP contribution >= 0.6 is 0 Å². The first-order chi connectivity index (χ1) is 9.04. The van der Waals surface area contributed by atoms with E-state index in [1.165, 1.54) is 7.11 Å². The molecule has 1 aliphatic heterocycles. The number of aryl methyl sites for hydroxylation is 1. The molecule has 6 nitrogen and oxygen atoms in total. The Kier molecular flexibility index (Phi) is 3.91. The molecule has 0 saturated carbocycles. The van der Waals surface area contributed by atoms with Crippen molar-refractivity contribution in [2.24, 2.45) is 11.1 Å². The molecule has 1 aromatic rings. The number of carbonyl (C=O) groups excluding carboxylic acids is 1. The second-order valence-electron chi connectivity index (χ2n) is 5.15. The van der Waals surface area contributed by atoms with Crippen LogP contribution in [0.2, 0.25) is 0 Å². The number of ketones is 1. The van der Waals surface area contributed by atoms with Gasteiger partial charge >= 0.3 is 0 Å². The number of carbonyl (C=O) groups is 1. The smallest absolute Gasteiger partial charge is 0.194 e. The maximum atomic E-state index is 12.8. The quantitative estimate of drug-likeness (QED) is 0.800. The third kappa shape index (κ3) is 2.26. The number of nitrogens with two attached hydrogens (primary N) is 1. The van der Waals surface area contributed by atoms with Crippen LogP contribution in [0, 0.1) is 5.41 Å². The molecule has 2 rings (SSSR count). The van der Waals surface area contributed by atoms with Gasteiger partial charge in [0.15, 0.2) is 11.5 Å². The van der Waals surface area contributed by atoms with Gasteiger partial charge in [-0.1, -0.05) is 6.92 Å². The number of Topliss-reactive ketones (excluding diaryl/α,β-unsaturated/α-hetero) is 1. The maximum absolute atomic E-state index is 12.8. The lowest BCUT2D eigenvalue weighted by Gasteiger charge is -2.25. The molecule has 2 N–H and O–H groups in total. The molecule has 19 heavy (non-hydrogen) atoms. The van der Waals surface area contributed by atoms with E-state index in [0.29, 0.717) is 31.2 Å². The Hall–Kier alpha value is -1.40. The van der Waals surface area contributed by atoms with Crippen LogP contribution in [0.25, 0.3) is 0 Å². The highest BCUT2D eigenvalue weighted by Crippen LogP contribution is 2.34. The van der Waals surface area contributed by atoms with Gasteiger partial charge in [0, 0.05) is 12.6 Å². The summed E-state index contributed by atoms with van der Waals surface area (Å²) in [5, 5.41) is 4.21. The van der Waals surface area contributed by atoms with Crippen LogP contribution in [0.5, 0.6) is 5.75 Å². The molecular weight excluding hydrogens is 246 g/mol. The molecule has 1 aromatic heterocycles. The zero-order valence-corrected chi connectivity index (χ0v) is 11.7. The van der Waals surface area contributed by atoms with E-state index in [-0.39, 0.29) is 11.8 Å². The minimum Gasteiger partial charge on any atom is -0.493 e. The topological polar surface area (TPSA) is 79.4 Å². The van der Waals surface area contributed by atoms with E-state index in [4.69, 9.17) is 15.2 Å². The molecule has 2 unspecified atom stereocenters. The summed E-state index contributed by atoms with van der Waals surface area (Å²) in [6.07, 6.45) is 2.47. The molecule has 1 saturated heterocycles. The zero-order chi connectivity index (χ0) is 14.0. The van der Waals surface area contributed by atoms with Crippen molar-refractivity contribution in [3.63, 3.8) is 0 Å². The molecule has 0 amide bonds. The van der Waals surface area contributed by atoms with E-state index in [2.05, 4.69) is 5.10 Å². The standard InChI is InChI=1S/C13H21N3O3/c1-4-5-16-11(9(18-3)6-15-16)12(17)13(2)8-19-7-10(13)14/h6,10H,4-5,7-8,14H2,1-3H3. The van der Waals surface area contributed by atoms with Crippen LogP contribution in [0.1, 0.15) is 30.8 Å². The second-order valence-corrected chi connectivity index (χ2v) is 5.15. The molecular formula is C13H21N3O3. The number of aromatic nitrogens is 2. The molecule has 0 radical (unpaired) electrons. The van der Waals surface area contributed by atoms with Crippen molar-refractivity contribution in [2.45, 2.75) is 32.9 Å². The molecule has 2 heterocycles. The summed E-state index contributed by atoms with van der Waals surface area (Å²) >= 11 is 0. The van der Waals surface area contributed by atoms with E-state index in [9.17, 15) is 4.79 Å². The summed E-state index contributed by atoms with van der Waals surface area (Å²) in [5.41, 5.74) is 5.80. The molecule has 106 valence electrons. The number of hydrogen-bond acceptors (Lipinski definition) is 5. The number of rotatable bonds is 5. The van der Waals surface area contributed by atoms with E-state index in [1.54, 1.807) is 10.9 Å². The average molecular weight is 267 g/mol. The van der Waals surface area contributed by atoms with Crippen LogP contribution < -0.4 is 10.5 Å². The summed E-state index contributed by atoms with van der Waals surface area (Å²) in [6, 6.07) is -0.297. The van der Waals surface area contributed by atoms with Gasteiger partial charge in [0.05, 0.1) is 31.9 Å². The molecule has 0 bridgehead atoms. The molecule has 0 aliphatic carbocycles. The van der Waals surface area contributed by atoms with Crippen LogP contribution in [-0.4, -0.2) is 41.9 Å². The third-order valence-corrected chi connectivity index (χ3v) is 3.71. The summed E-state index contributed by atoms with van der Waals surface area (Å²) in [6.45, 7) is 5.31. The second kappa shape index (κ2) is 5.30. The Labute approximate surface area is 112 Å². The number of hydrogen-bond donors (Lipinski definition) is 1. The lowest BCUT2D eigenvalue weighted by molar-refractivity contribution is 0.0752. The number of ether oxygens (including phenoxy) is 2. The SMILES string of the molecule is CCCn1ncc(OC)c1C(=O)C1(C)COCC1N. The van der Waals surface area contributed by atoms with Gasteiger partial charge in [-0.05, 0) is 13.3 Å². The fourth-order valence-corrected chi connectivity index (χ4v) is 2.32. The Morgan fingerprint density at radius 1 is 1.74 bits per heavy atom. The Morgan fingerprint density at radius 2 is 2.47 bits per heavy atom. The van der Waals surface area contributed by atoms with Crippen molar-refractivity contribution < 1.29 is 14.3 Å². The molecule has 0 spiro atoms. The van der Waals surface area contributed by atoms with Crippen LogP contribution in [0.3, 0.4) is 0 Å². The zero-order valence-electron chi connectivity index (χ0n) is 11.7. The van der Waals surface area contributed by atoms with Gasteiger partial charge in [-0.25, -0.2) is 0 Å². The van der Waals surface area contributed by atoms with Crippen molar-refractivity contribution >= 4 is 5.78 Å². The molecule has 6 heteroatoms. The normalized spacial score (nSPS) is 26.6. The van der Waals surface area contributed by atoms with Crippen LogP contribution in [0.15, 0.2) is 6.20 Å². The molecule has 1 fully saturated rings. The number of methoxy groups -OCH3 is 1. The Balaban J connectivity index is 2.39. The molecule has 1 aliphatic rings. The van der Waals surface area contributed by atoms with Gasteiger partial charge in [-0.3, -0.25) is 9.48 Å². The summed E-state index contributed by atoms with van der Waals surface area (Å²) in [5.74, 6) is 0.444. The van der Waals surface area contributed by atoms with Crippen molar-refractivity contribution in [2.75, 3.05) is 20.3 Å². The predicted octanol–water partition coefficient (Wildman–Crippen LogP) is 0.848. The van der Waals surface area contributed by atoms with Crippen LogP contribution in [-0.2, 0) is 11.3 Å². The van der Waals surface area contributed by atoms with Crippen LogP contribution in [0.4, 0.5) is 0 Å². The molecule has 0 aromatic carbocycles. The van der Waals surface area contributed by atoms with Gasteiger partial charge in [0.2, 0.25) is 0 Å². The number of nitrogens with zero attached hydrogens (tertiary/aromatic N) is 2. The van der Waals surface area contributed by atoms with Crippen molar-refractivity contribution in [3.8, 4) is 5.75 Å². The van der Waals surface area contributed by atoms with Crippen molar-refractivity contribution in [1.29, 1.82) is 0 Å². The lowest BCUT2D eigenvalue weighted by atomic mass is 9.80. The first-order valence-corrected chi connectivity index (χ1v) is 6.52. The largest absolute Gasteiger partial charge is 0.493 e. The fraction of sp³-hybridized carbons (Fsp3) is 0.692. The highest BCUT2D eigenvalue weighted by Gasteiger charge is 2.46. The summed E-state index contributed by atoms with van der Waals surface area (Å²) in [7, 11) is 1.54. The first kappa shape index (κ1) is 14.0. The van der Waals surface area contributed by atoms with Crippen molar-refractivity contribution in [1.82, 2.24) is 9.78 Å². The fourth-order valence-electron chi connectivity index (χ4n) is 2.32. The van der Waals surface area contributed by atoms with Crippen molar-refractivity contribution in [3.05, 3.63) is 11.9 Å². The van der Waals surface area contributed by atoms with Gasteiger partial charge in [-0.2, -0.15) is 5.10 Å². The highest BCUT2D eigenvalue weighted by atomic mass is 16.5. The average Bonchev–Trinajstić information content (AvgIpc) is 2.94. The summed E-state index contributed by atoms with van der Waals surface area (Å²) < 4.78 is 12.3. The van der Waals surface area contributed by atoms with Gasteiger partial charge in [-0.15, -0.1) is 0 Å². The monoisotopic (exact) mass is 267 g/mol. The van der Waals surface area contributed by atoms with Gasteiger partial charge in [0.25, 0.3) is 0 Å². The Morgan fingerprint density at radius 3 is 3.00 bits per heavy atom. The Bertz CT molecular complexity index is 472. The van der Waals surface area contributed by atoms with Gasteiger partial charge in [0.1, 0.15) is 5.69 Å². The molecule has 2 atom stereocenters. The van der Waals surface area contributed by atoms with E-state index >= 15 is 0 Å². The lowest BCUT2D eigenvalue weighted by Crippen LogP contribution is -2.45. The minimum absolute atomic E-state index is 0.0553. The van der Waals surface area contributed by atoms with E-state index < -0.39 is 5.41 Å². The third-order valence-electron chi connectivity index (χ3n) is 3.71.